The van der Waals surface area contributed by atoms with Crippen LogP contribution in [0.2, 0.25) is 0 Å². The number of nitrogens with zero attached hydrogens (tertiary/aromatic N) is 2. The van der Waals surface area contributed by atoms with Crippen molar-refractivity contribution in [2.24, 2.45) is 9.39 Å². The lowest BCUT2D eigenvalue weighted by Crippen LogP contribution is -2.30. The Morgan fingerprint density at radius 2 is 2.10 bits per heavy atom. The molecule has 1 aromatic rings. The van der Waals surface area contributed by atoms with Gasteiger partial charge in [-0.05, 0) is 19.1 Å². The van der Waals surface area contributed by atoms with Crippen molar-refractivity contribution in [3.63, 3.8) is 0 Å². The molecule has 1 aliphatic heterocycles. The zero-order valence-electron chi connectivity index (χ0n) is 10.8. The first kappa shape index (κ1) is 15.4. The minimum absolute atomic E-state index is 0.270. The van der Waals surface area contributed by atoms with E-state index in [2.05, 4.69) is 14.1 Å². The molecule has 1 aliphatic rings. The molecule has 0 saturated heterocycles. The van der Waals surface area contributed by atoms with Gasteiger partial charge in [0, 0.05) is 0 Å². The number of ether oxygens (including phenoxy) is 1. The smallest absolute Gasteiger partial charge is 0.418 e. The number of aryl methyl sites for hydroxylation is 1. The summed E-state index contributed by atoms with van der Waals surface area (Å²) in [6.07, 6.45) is -4.77. The molecular weight excluding hydrogens is 315 g/mol. The van der Waals surface area contributed by atoms with E-state index in [9.17, 15) is 21.6 Å². The third-order valence-electron chi connectivity index (χ3n) is 2.42. The molecule has 1 atom stereocenters. The van der Waals surface area contributed by atoms with Crippen LogP contribution >= 0.6 is 0 Å². The van der Waals surface area contributed by atoms with Crippen molar-refractivity contribution in [2.75, 3.05) is 7.11 Å². The van der Waals surface area contributed by atoms with Crippen LogP contribution in [0.1, 0.15) is 17.6 Å². The highest BCUT2D eigenvalue weighted by atomic mass is 32.2. The quantitative estimate of drug-likeness (QED) is 0.891. The molecule has 0 saturated carbocycles. The maximum atomic E-state index is 13.1. The second-order valence-electron chi connectivity index (χ2n) is 4.05. The largest absolute Gasteiger partial charge is 0.478 e. The first-order valence-electron chi connectivity index (χ1n) is 5.50. The van der Waals surface area contributed by atoms with E-state index < -0.39 is 39.9 Å². The van der Waals surface area contributed by atoms with E-state index >= 15 is 0 Å². The first-order chi connectivity index (χ1) is 9.62. The average molecular weight is 325 g/mol. The van der Waals surface area contributed by atoms with E-state index in [1.165, 1.54) is 13.0 Å². The van der Waals surface area contributed by atoms with Crippen molar-refractivity contribution in [3.05, 3.63) is 23.7 Å². The monoisotopic (exact) mass is 325 g/mol. The molecule has 0 amide bonds. The van der Waals surface area contributed by atoms with E-state index in [4.69, 9.17) is 4.42 Å². The fourth-order valence-electron chi connectivity index (χ4n) is 1.58. The van der Waals surface area contributed by atoms with Crippen LogP contribution in [-0.4, -0.2) is 33.4 Å². The summed E-state index contributed by atoms with van der Waals surface area (Å²) >= 11 is 0. The Morgan fingerprint density at radius 3 is 2.57 bits per heavy atom. The number of hydrogen-bond donors (Lipinski definition) is 1. The molecule has 0 aliphatic carbocycles. The summed E-state index contributed by atoms with van der Waals surface area (Å²) in [5.41, 5.74) is 0. The number of alkyl halides is 3. The molecule has 7 nitrogen and oxygen atoms in total. The normalized spacial score (nSPS) is 21.0. The standard InChI is InChI=1S/C10H10F3N3O4S/c1-5-3-4-6(20-5)7(10(11,12)13)14-8-9(19-2)16-21(17,18)15-8/h3-4,7H,1-2H3,(H,14,15). The second-order valence-corrected chi connectivity index (χ2v) is 5.38. The summed E-state index contributed by atoms with van der Waals surface area (Å²) in [5, 5.41) is 0. The van der Waals surface area contributed by atoms with Crippen LogP contribution in [0.25, 0.3) is 0 Å². The SMILES string of the molecule is COC1=NS(=O)(=O)NC1=NC(c1ccc(C)o1)C(F)(F)F. The zero-order chi connectivity index (χ0) is 15.8. The van der Waals surface area contributed by atoms with Crippen LogP contribution in [0.3, 0.4) is 0 Å². The Labute approximate surface area is 117 Å². The third kappa shape index (κ3) is 3.35. The molecule has 1 aromatic heterocycles. The summed E-state index contributed by atoms with van der Waals surface area (Å²) < 4.78 is 76.0. The number of rotatable bonds is 2. The van der Waals surface area contributed by atoms with Gasteiger partial charge in [0.1, 0.15) is 11.5 Å². The molecule has 0 spiro atoms. The lowest BCUT2D eigenvalue weighted by molar-refractivity contribution is -0.152. The topological polar surface area (TPSA) is 93.3 Å². The van der Waals surface area contributed by atoms with Crippen molar-refractivity contribution in [1.82, 2.24) is 4.72 Å². The fraction of sp³-hybridized carbons (Fsp3) is 0.400. The van der Waals surface area contributed by atoms with Crippen LogP contribution in [0.4, 0.5) is 13.2 Å². The molecule has 21 heavy (non-hydrogen) atoms. The summed E-state index contributed by atoms with van der Waals surface area (Å²) in [6, 6.07) is 0.0885. The van der Waals surface area contributed by atoms with Crippen LogP contribution in [0.5, 0.6) is 0 Å². The highest BCUT2D eigenvalue weighted by molar-refractivity contribution is 7.89. The Bertz CT molecular complexity index is 705. The van der Waals surface area contributed by atoms with Crippen LogP contribution < -0.4 is 4.72 Å². The number of aliphatic imine (C=N–C) groups is 1. The lowest BCUT2D eigenvalue weighted by atomic mass is 10.2. The Balaban J connectivity index is 2.45. The van der Waals surface area contributed by atoms with E-state index in [-0.39, 0.29) is 5.76 Å². The van der Waals surface area contributed by atoms with Gasteiger partial charge in [-0.1, -0.05) is 0 Å². The molecular formula is C10H10F3N3O4S. The van der Waals surface area contributed by atoms with E-state index in [1.54, 1.807) is 4.72 Å². The number of hydrogen-bond acceptors (Lipinski definition) is 5. The highest BCUT2D eigenvalue weighted by Crippen LogP contribution is 2.37. The van der Waals surface area contributed by atoms with E-state index in [0.717, 1.165) is 13.2 Å². The molecule has 11 heteroatoms. The molecule has 0 radical (unpaired) electrons. The number of furan rings is 1. The highest BCUT2D eigenvalue weighted by Gasteiger charge is 2.44. The minimum Gasteiger partial charge on any atom is -0.478 e. The molecule has 2 heterocycles. The van der Waals surface area contributed by atoms with Gasteiger partial charge in [0.15, 0.2) is 0 Å². The van der Waals surface area contributed by atoms with Gasteiger partial charge in [-0.25, -0.2) is 9.71 Å². The third-order valence-corrected chi connectivity index (χ3v) is 3.28. The van der Waals surface area contributed by atoms with E-state index in [1.807, 2.05) is 0 Å². The van der Waals surface area contributed by atoms with Crippen molar-refractivity contribution in [1.29, 1.82) is 0 Å². The van der Waals surface area contributed by atoms with Gasteiger partial charge >= 0.3 is 16.4 Å². The van der Waals surface area contributed by atoms with Gasteiger partial charge in [-0.2, -0.15) is 21.6 Å². The summed E-state index contributed by atoms with van der Waals surface area (Å²) in [7, 11) is -3.07. The summed E-state index contributed by atoms with van der Waals surface area (Å²) in [4.78, 5) is 3.33. The Hall–Kier alpha value is -2.04. The number of amidine groups is 1. The minimum atomic E-state index is -4.77. The maximum absolute atomic E-state index is 13.1. The van der Waals surface area contributed by atoms with Crippen LogP contribution in [-0.2, 0) is 14.9 Å². The molecule has 0 bridgehead atoms. The Kier molecular flexibility index (Phi) is 3.70. The molecule has 2 rings (SSSR count). The van der Waals surface area contributed by atoms with Crippen molar-refractivity contribution >= 4 is 21.9 Å². The number of halogens is 3. The maximum Gasteiger partial charge on any atom is 0.418 e. The van der Waals surface area contributed by atoms with Gasteiger partial charge in [-0.15, -0.1) is 4.40 Å². The molecule has 1 unspecified atom stereocenters. The molecule has 0 fully saturated rings. The second kappa shape index (κ2) is 5.06. The van der Waals surface area contributed by atoms with Gasteiger partial charge in [0.05, 0.1) is 7.11 Å². The summed E-state index contributed by atoms with van der Waals surface area (Å²) in [5.74, 6) is -1.37. The lowest BCUT2D eigenvalue weighted by Gasteiger charge is -2.15. The fourth-order valence-corrected chi connectivity index (χ4v) is 2.39. The summed E-state index contributed by atoms with van der Waals surface area (Å²) in [6.45, 7) is 1.48. The average Bonchev–Trinajstić information content (AvgIpc) is 2.87. The number of nitrogens with one attached hydrogen (secondary N) is 1. The molecule has 116 valence electrons. The Morgan fingerprint density at radius 1 is 1.43 bits per heavy atom. The van der Waals surface area contributed by atoms with Gasteiger partial charge in [-0.3, -0.25) is 0 Å². The molecule has 1 N–H and O–H groups in total. The van der Waals surface area contributed by atoms with Gasteiger partial charge < -0.3 is 9.15 Å². The number of methoxy groups -OCH3 is 1. The van der Waals surface area contributed by atoms with Crippen molar-refractivity contribution in [3.8, 4) is 0 Å². The van der Waals surface area contributed by atoms with Gasteiger partial charge in [0.2, 0.25) is 11.9 Å². The predicted molar refractivity (Wildman–Crippen MR) is 66.2 cm³/mol. The van der Waals surface area contributed by atoms with Crippen molar-refractivity contribution < 1.29 is 30.7 Å². The van der Waals surface area contributed by atoms with E-state index in [0.29, 0.717) is 0 Å². The molecule has 0 aromatic carbocycles. The first-order valence-corrected chi connectivity index (χ1v) is 6.94. The predicted octanol–water partition coefficient (Wildman–Crippen LogP) is 1.48. The van der Waals surface area contributed by atoms with Crippen molar-refractivity contribution in [2.45, 2.75) is 19.1 Å². The van der Waals surface area contributed by atoms with Crippen LogP contribution in [0, 0.1) is 6.92 Å². The van der Waals surface area contributed by atoms with Gasteiger partial charge in [0.25, 0.3) is 5.90 Å². The van der Waals surface area contributed by atoms with Crippen LogP contribution in [0.15, 0.2) is 25.9 Å². The zero-order valence-corrected chi connectivity index (χ0v) is 11.6.